The van der Waals surface area contributed by atoms with Crippen LogP contribution in [0.2, 0.25) is 0 Å². The lowest BCUT2D eigenvalue weighted by Crippen LogP contribution is -2.37. The minimum atomic E-state index is -0.583. The summed E-state index contributed by atoms with van der Waals surface area (Å²) in [6.45, 7) is 7.51. The smallest absolute Gasteiger partial charge is 0.408 e. The molecule has 7 heteroatoms. The molecule has 0 bridgehead atoms. The number of hydrogen-bond donors (Lipinski definition) is 1. The van der Waals surface area contributed by atoms with Crippen molar-refractivity contribution in [3.8, 4) is 11.1 Å². The largest absolute Gasteiger partial charge is 0.444 e. The molecule has 1 aliphatic rings. The number of aryl methyl sites for hydroxylation is 1. The fourth-order valence-corrected chi connectivity index (χ4v) is 4.01. The zero-order valence-corrected chi connectivity index (χ0v) is 18.8. The first kappa shape index (κ1) is 21.2. The summed E-state index contributed by atoms with van der Waals surface area (Å²) in [5.41, 5.74) is 2.03. The molecule has 1 aliphatic carbocycles. The molecule has 0 saturated heterocycles. The van der Waals surface area contributed by atoms with Crippen LogP contribution in [0.15, 0.2) is 41.5 Å². The van der Waals surface area contributed by atoms with E-state index in [9.17, 15) is 9.59 Å². The first-order chi connectivity index (χ1) is 14.7. The van der Waals surface area contributed by atoms with Crippen LogP contribution in [0.25, 0.3) is 21.9 Å². The minimum Gasteiger partial charge on any atom is -0.444 e. The quantitative estimate of drug-likeness (QED) is 0.646. The van der Waals surface area contributed by atoms with Crippen LogP contribution in [0.3, 0.4) is 0 Å². The van der Waals surface area contributed by atoms with Gasteiger partial charge in [-0.05, 0) is 57.0 Å². The van der Waals surface area contributed by atoms with Gasteiger partial charge in [-0.15, -0.1) is 0 Å². The van der Waals surface area contributed by atoms with Crippen molar-refractivity contribution in [3.63, 3.8) is 0 Å². The molecule has 1 atom stereocenters. The predicted molar refractivity (Wildman–Crippen MR) is 121 cm³/mol. The third kappa shape index (κ3) is 4.36. The van der Waals surface area contributed by atoms with Gasteiger partial charge in [-0.1, -0.05) is 25.1 Å². The van der Waals surface area contributed by atoms with Gasteiger partial charge < -0.3 is 14.6 Å². The Morgan fingerprint density at radius 3 is 2.65 bits per heavy atom. The Morgan fingerprint density at radius 1 is 1.32 bits per heavy atom. The number of carbonyl (C=O) groups excluding carboxylic acids is 1. The summed E-state index contributed by atoms with van der Waals surface area (Å²) in [6, 6.07) is 7.78. The molecule has 0 unspecified atom stereocenters. The average molecular weight is 423 g/mol. The number of aromatic nitrogens is 3. The van der Waals surface area contributed by atoms with Crippen LogP contribution in [0.4, 0.5) is 4.79 Å². The van der Waals surface area contributed by atoms with Crippen LogP contribution in [-0.4, -0.2) is 26.0 Å². The van der Waals surface area contributed by atoms with Crippen molar-refractivity contribution in [2.45, 2.75) is 64.6 Å². The van der Waals surface area contributed by atoms with Crippen molar-refractivity contribution < 1.29 is 9.53 Å². The monoisotopic (exact) mass is 422 g/mol. The average Bonchev–Trinajstić information content (AvgIpc) is 3.43. The van der Waals surface area contributed by atoms with E-state index in [0.29, 0.717) is 11.8 Å². The van der Waals surface area contributed by atoms with Crippen molar-refractivity contribution in [2.24, 2.45) is 7.05 Å². The summed E-state index contributed by atoms with van der Waals surface area (Å²) in [7, 11) is 1.86. The van der Waals surface area contributed by atoms with E-state index in [2.05, 4.69) is 10.4 Å². The Bertz CT molecular complexity index is 1180. The maximum absolute atomic E-state index is 13.8. The molecule has 0 aliphatic heterocycles. The highest BCUT2D eigenvalue weighted by Crippen LogP contribution is 2.38. The molecule has 0 spiro atoms. The highest BCUT2D eigenvalue weighted by atomic mass is 16.6. The van der Waals surface area contributed by atoms with E-state index in [1.807, 2.05) is 69.8 Å². The number of pyridine rings is 1. The molecule has 1 fully saturated rings. The van der Waals surface area contributed by atoms with Gasteiger partial charge in [0.05, 0.1) is 17.6 Å². The Balaban J connectivity index is 1.84. The molecule has 0 radical (unpaired) electrons. The number of nitrogens with one attached hydrogen (secondary N) is 1. The van der Waals surface area contributed by atoms with Gasteiger partial charge in [-0.2, -0.15) is 5.10 Å². The zero-order valence-electron chi connectivity index (χ0n) is 18.8. The third-order valence-electron chi connectivity index (χ3n) is 5.50. The van der Waals surface area contributed by atoms with E-state index in [-0.39, 0.29) is 17.6 Å². The Kier molecular flexibility index (Phi) is 5.37. The molecule has 7 nitrogen and oxygen atoms in total. The summed E-state index contributed by atoms with van der Waals surface area (Å²) in [5.74, 6) is 0. The molecule has 164 valence electrons. The second-order valence-electron chi connectivity index (χ2n) is 9.26. The maximum atomic E-state index is 13.8. The molecular formula is C24H30N4O3. The number of fused-ring (bicyclic) bond motifs is 1. The number of amides is 1. The lowest BCUT2D eigenvalue weighted by atomic mass is 9.99. The fraction of sp³-hybridized carbons (Fsp3) is 0.458. The van der Waals surface area contributed by atoms with Gasteiger partial charge in [0.25, 0.3) is 5.56 Å². The summed E-state index contributed by atoms with van der Waals surface area (Å²) in [5, 5.41) is 8.79. The maximum Gasteiger partial charge on any atom is 0.408 e. The SMILES string of the molecule is CC[C@H](NC(=O)OC(C)(C)C)c1cc2cccc(-c3cnn(C)c3)c2c(=O)n1C1CC1. The van der Waals surface area contributed by atoms with E-state index in [4.69, 9.17) is 4.74 Å². The second-order valence-corrected chi connectivity index (χ2v) is 9.26. The topological polar surface area (TPSA) is 78.2 Å². The van der Waals surface area contributed by atoms with Gasteiger partial charge in [0.1, 0.15) is 5.60 Å². The number of hydrogen-bond acceptors (Lipinski definition) is 4. The van der Waals surface area contributed by atoms with Gasteiger partial charge in [0, 0.05) is 30.5 Å². The Labute approximate surface area is 182 Å². The van der Waals surface area contributed by atoms with Crippen LogP contribution in [0.1, 0.15) is 64.7 Å². The normalized spacial score (nSPS) is 15.1. The molecule has 3 aromatic rings. The van der Waals surface area contributed by atoms with E-state index in [0.717, 1.165) is 35.0 Å². The molecule has 31 heavy (non-hydrogen) atoms. The number of benzene rings is 1. The van der Waals surface area contributed by atoms with Crippen LogP contribution >= 0.6 is 0 Å². The van der Waals surface area contributed by atoms with E-state index in [1.165, 1.54) is 0 Å². The Morgan fingerprint density at radius 2 is 2.06 bits per heavy atom. The lowest BCUT2D eigenvalue weighted by Gasteiger charge is -2.25. The predicted octanol–water partition coefficient (Wildman–Crippen LogP) is 4.71. The van der Waals surface area contributed by atoms with Gasteiger partial charge in [-0.3, -0.25) is 9.48 Å². The van der Waals surface area contributed by atoms with Gasteiger partial charge in [-0.25, -0.2) is 4.79 Å². The second kappa shape index (κ2) is 7.87. The molecule has 1 aromatic carbocycles. The summed E-state index contributed by atoms with van der Waals surface area (Å²) >= 11 is 0. The van der Waals surface area contributed by atoms with Gasteiger partial charge >= 0.3 is 6.09 Å². The highest BCUT2D eigenvalue weighted by Gasteiger charge is 2.31. The summed E-state index contributed by atoms with van der Waals surface area (Å²) in [6.07, 6.45) is 5.81. The van der Waals surface area contributed by atoms with Crippen molar-refractivity contribution in [1.29, 1.82) is 0 Å². The van der Waals surface area contributed by atoms with E-state index < -0.39 is 11.7 Å². The fourth-order valence-electron chi connectivity index (χ4n) is 4.01. The molecular weight excluding hydrogens is 392 g/mol. The molecule has 2 aromatic heterocycles. The van der Waals surface area contributed by atoms with Crippen molar-refractivity contribution in [1.82, 2.24) is 19.7 Å². The third-order valence-corrected chi connectivity index (χ3v) is 5.50. The number of ether oxygens (including phenoxy) is 1. The van der Waals surface area contributed by atoms with Gasteiger partial charge in [0.2, 0.25) is 0 Å². The number of alkyl carbamates (subject to hydrolysis) is 1. The van der Waals surface area contributed by atoms with E-state index >= 15 is 0 Å². The van der Waals surface area contributed by atoms with E-state index in [1.54, 1.807) is 10.9 Å². The first-order valence-electron chi connectivity index (χ1n) is 10.8. The number of rotatable bonds is 5. The van der Waals surface area contributed by atoms with Crippen LogP contribution in [-0.2, 0) is 11.8 Å². The van der Waals surface area contributed by atoms with Crippen molar-refractivity contribution in [2.75, 3.05) is 0 Å². The zero-order chi connectivity index (χ0) is 22.3. The molecule has 1 saturated carbocycles. The van der Waals surface area contributed by atoms with Crippen LogP contribution in [0, 0.1) is 0 Å². The standard InChI is InChI=1S/C24H30N4O3/c1-6-19(26-23(30)31-24(2,3)4)20-12-15-8-7-9-18(16-13-25-27(5)14-16)21(15)22(29)28(20)17-10-11-17/h7-9,12-14,17,19H,6,10-11H2,1-5H3,(H,26,30)/t19-/m0/s1. The summed E-state index contributed by atoms with van der Waals surface area (Å²) in [4.78, 5) is 26.2. The lowest BCUT2D eigenvalue weighted by molar-refractivity contribution is 0.0500. The number of nitrogens with zero attached hydrogens (tertiary/aromatic N) is 3. The molecule has 1 N–H and O–H groups in total. The van der Waals surface area contributed by atoms with Crippen molar-refractivity contribution >= 4 is 16.9 Å². The van der Waals surface area contributed by atoms with Crippen LogP contribution < -0.4 is 10.9 Å². The minimum absolute atomic E-state index is 0.0149. The molecule has 2 heterocycles. The summed E-state index contributed by atoms with van der Waals surface area (Å²) < 4.78 is 9.08. The van der Waals surface area contributed by atoms with Gasteiger partial charge in [0.15, 0.2) is 0 Å². The van der Waals surface area contributed by atoms with Crippen molar-refractivity contribution in [3.05, 3.63) is 52.7 Å². The van der Waals surface area contributed by atoms with Crippen LogP contribution in [0.5, 0.6) is 0 Å². The number of carbonyl (C=O) groups is 1. The molecule has 1 amide bonds. The highest BCUT2D eigenvalue weighted by molar-refractivity contribution is 5.96. The molecule has 4 rings (SSSR count). The Hall–Kier alpha value is -3.09. The first-order valence-corrected chi connectivity index (χ1v) is 10.8.